The van der Waals surface area contributed by atoms with Crippen molar-refractivity contribution in [2.75, 3.05) is 18.4 Å². The fraction of sp³-hybridized carbons (Fsp3) is 0.222. The van der Waals surface area contributed by atoms with Gasteiger partial charge in [-0.1, -0.05) is 72.8 Å². The standard InChI is InChI=1S/C27H29N5O2.ClH/c33-25(23-9-5-2-6-10-23)18-28-16-15-21-11-13-24(14-12-21)31-27(34)17-26-29-20-30-32(26)19-22-7-3-1-4-8-22;/h1-14,20,25,28,33H,15-19H2,(H,31,34);1H. The molecular weight excluding hydrogens is 462 g/mol. The summed E-state index contributed by atoms with van der Waals surface area (Å²) in [7, 11) is 0. The van der Waals surface area contributed by atoms with Gasteiger partial charge in [0, 0.05) is 12.2 Å². The zero-order valence-electron chi connectivity index (χ0n) is 19.4. The second kappa shape index (κ2) is 13.4. The van der Waals surface area contributed by atoms with Gasteiger partial charge in [0.15, 0.2) is 0 Å². The number of benzene rings is 3. The van der Waals surface area contributed by atoms with E-state index in [1.807, 2.05) is 84.9 Å². The lowest BCUT2D eigenvalue weighted by atomic mass is 10.1. The van der Waals surface area contributed by atoms with Gasteiger partial charge in [-0.25, -0.2) is 9.67 Å². The van der Waals surface area contributed by atoms with E-state index in [2.05, 4.69) is 20.7 Å². The zero-order chi connectivity index (χ0) is 23.6. The van der Waals surface area contributed by atoms with E-state index in [9.17, 15) is 9.90 Å². The Morgan fingerprint density at radius 1 is 0.914 bits per heavy atom. The molecule has 4 aromatic rings. The first-order valence-electron chi connectivity index (χ1n) is 11.4. The third kappa shape index (κ3) is 8.03. The molecule has 0 bridgehead atoms. The van der Waals surface area contributed by atoms with E-state index in [0.29, 0.717) is 18.9 Å². The van der Waals surface area contributed by atoms with E-state index in [0.717, 1.165) is 35.3 Å². The molecule has 182 valence electrons. The molecule has 0 saturated heterocycles. The predicted octanol–water partition coefficient (Wildman–Crippen LogP) is 3.80. The summed E-state index contributed by atoms with van der Waals surface area (Å²) in [5, 5.41) is 20.7. The van der Waals surface area contributed by atoms with Crippen LogP contribution in [-0.2, 0) is 24.2 Å². The fourth-order valence-corrected chi connectivity index (χ4v) is 3.68. The number of halogens is 1. The van der Waals surface area contributed by atoms with Crippen LogP contribution in [0.3, 0.4) is 0 Å². The third-order valence-electron chi connectivity index (χ3n) is 5.54. The summed E-state index contributed by atoms with van der Waals surface area (Å²) in [6, 6.07) is 27.4. The zero-order valence-corrected chi connectivity index (χ0v) is 20.2. The Kier molecular flexibility index (Phi) is 9.98. The van der Waals surface area contributed by atoms with Gasteiger partial charge < -0.3 is 15.7 Å². The van der Waals surface area contributed by atoms with Gasteiger partial charge in [-0.15, -0.1) is 12.4 Å². The minimum atomic E-state index is -0.516. The maximum atomic E-state index is 12.5. The van der Waals surface area contributed by atoms with Gasteiger partial charge in [0.2, 0.25) is 5.91 Å². The van der Waals surface area contributed by atoms with Crippen LogP contribution in [0.5, 0.6) is 0 Å². The number of amides is 1. The maximum Gasteiger partial charge on any atom is 0.232 e. The number of anilines is 1. The Morgan fingerprint density at radius 3 is 2.31 bits per heavy atom. The molecule has 8 heteroatoms. The van der Waals surface area contributed by atoms with E-state index in [4.69, 9.17) is 0 Å². The average molecular weight is 492 g/mol. The first-order chi connectivity index (χ1) is 16.7. The summed E-state index contributed by atoms with van der Waals surface area (Å²) in [6.07, 6.45) is 1.95. The molecule has 0 spiro atoms. The van der Waals surface area contributed by atoms with Crippen molar-refractivity contribution in [2.45, 2.75) is 25.5 Å². The topological polar surface area (TPSA) is 92.1 Å². The van der Waals surface area contributed by atoms with E-state index in [-0.39, 0.29) is 24.7 Å². The lowest BCUT2D eigenvalue weighted by Crippen LogP contribution is -2.23. The van der Waals surface area contributed by atoms with Crippen LogP contribution >= 0.6 is 12.4 Å². The Balaban J connectivity index is 0.00000342. The Labute approximate surface area is 211 Å². The van der Waals surface area contributed by atoms with E-state index < -0.39 is 6.10 Å². The van der Waals surface area contributed by atoms with Crippen LogP contribution in [-0.4, -0.2) is 38.9 Å². The fourth-order valence-electron chi connectivity index (χ4n) is 3.68. The van der Waals surface area contributed by atoms with Crippen LogP contribution < -0.4 is 10.6 Å². The van der Waals surface area contributed by atoms with Crippen LogP contribution in [0.15, 0.2) is 91.3 Å². The highest BCUT2D eigenvalue weighted by atomic mass is 35.5. The summed E-state index contributed by atoms with van der Waals surface area (Å²) < 4.78 is 1.75. The summed E-state index contributed by atoms with van der Waals surface area (Å²) in [4.78, 5) is 16.8. The Bertz CT molecular complexity index is 1170. The molecule has 3 N–H and O–H groups in total. The third-order valence-corrected chi connectivity index (χ3v) is 5.54. The molecule has 0 aliphatic carbocycles. The molecule has 1 atom stereocenters. The molecular formula is C27H30ClN5O2. The van der Waals surface area contributed by atoms with Gasteiger partial charge in [-0.05, 0) is 41.8 Å². The molecule has 3 aromatic carbocycles. The summed E-state index contributed by atoms with van der Waals surface area (Å²) >= 11 is 0. The molecule has 1 amide bonds. The minimum Gasteiger partial charge on any atom is -0.387 e. The first kappa shape index (κ1) is 26.1. The number of aromatic nitrogens is 3. The average Bonchev–Trinajstić information content (AvgIpc) is 3.30. The number of nitrogens with one attached hydrogen (secondary N) is 2. The van der Waals surface area contributed by atoms with E-state index >= 15 is 0 Å². The maximum absolute atomic E-state index is 12.5. The number of aliphatic hydroxyl groups is 1. The minimum absolute atomic E-state index is 0. The molecule has 4 rings (SSSR count). The van der Waals surface area contributed by atoms with Gasteiger partial charge in [0.25, 0.3) is 0 Å². The largest absolute Gasteiger partial charge is 0.387 e. The quantitative estimate of drug-likeness (QED) is 0.278. The normalized spacial score (nSPS) is 11.5. The molecule has 0 radical (unpaired) electrons. The van der Waals surface area contributed by atoms with Crippen molar-refractivity contribution in [2.24, 2.45) is 0 Å². The summed E-state index contributed by atoms with van der Waals surface area (Å²) in [5.41, 5.74) is 3.92. The second-order valence-electron chi connectivity index (χ2n) is 8.12. The number of aliphatic hydroxyl groups excluding tert-OH is 1. The van der Waals surface area contributed by atoms with Crippen LogP contribution in [0, 0.1) is 0 Å². The molecule has 1 heterocycles. The molecule has 0 saturated carbocycles. The highest BCUT2D eigenvalue weighted by Gasteiger charge is 2.11. The highest BCUT2D eigenvalue weighted by molar-refractivity contribution is 5.91. The van der Waals surface area contributed by atoms with Gasteiger partial charge in [0.1, 0.15) is 12.2 Å². The molecule has 0 aliphatic heterocycles. The number of rotatable bonds is 11. The Hall–Kier alpha value is -3.52. The Morgan fingerprint density at radius 2 is 1.60 bits per heavy atom. The lowest BCUT2D eigenvalue weighted by Gasteiger charge is -2.12. The molecule has 1 aromatic heterocycles. The van der Waals surface area contributed by atoms with Crippen molar-refractivity contribution in [3.8, 4) is 0 Å². The van der Waals surface area contributed by atoms with Gasteiger partial charge in [-0.3, -0.25) is 4.79 Å². The monoisotopic (exact) mass is 491 g/mol. The molecule has 1 unspecified atom stereocenters. The van der Waals surface area contributed by atoms with Crippen molar-refractivity contribution in [1.29, 1.82) is 0 Å². The number of hydrogen-bond acceptors (Lipinski definition) is 5. The van der Waals surface area contributed by atoms with Crippen LogP contribution in [0.1, 0.15) is 28.6 Å². The van der Waals surface area contributed by atoms with E-state index in [1.54, 1.807) is 4.68 Å². The highest BCUT2D eigenvalue weighted by Crippen LogP contribution is 2.12. The smallest absolute Gasteiger partial charge is 0.232 e. The number of nitrogens with zero attached hydrogens (tertiary/aromatic N) is 3. The van der Waals surface area contributed by atoms with Crippen LogP contribution in [0.25, 0.3) is 0 Å². The van der Waals surface area contributed by atoms with Crippen molar-refractivity contribution in [3.63, 3.8) is 0 Å². The summed E-state index contributed by atoms with van der Waals surface area (Å²) in [5.74, 6) is 0.494. The SMILES string of the molecule is Cl.O=C(Cc1ncnn1Cc1ccccc1)Nc1ccc(CCNCC(O)c2ccccc2)cc1. The molecule has 35 heavy (non-hydrogen) atoms. The van der Waals surface area contributed by atoms with Crippen LogP contribution in [0.2, 0.25) is 0 Å². The molecule has 0 fully saturated rings. The number of carbonyl (C=O) groups is 1. The van der Waals surface area contributed by atoms with Gasteiger partial charge in [0.05, 0.1) is 19.1 Å². The van der Waals surface area contributed by atoms with E-state index in [1.165, 1.54) is 6.33 Å². The van der Waals surface area contributed by atoms with Gasteiger partial charge >= 0.3 is 0 Å². The molecule has 7 nitrogen and oxygen atoms in total. The molecule has 0 aliphatic rings. The first-order valence-corrected chi connectivity index (χ1v) is 11.4. The second-order valence-corrected chi connectivity index (χ2v) is 8.12. The van der Waals surface area contributed by atoms with Crippen molar-refractivity contribution in [1.82, 2.24) is 20.1 Å². The van der Waals surface area contributed by atoms with Crippen molar-refractivity contribution in [3.05, 3.63) is 114 Å². The van der Waals surface area contributed by atoms with Gasteiger partial charge in [-0.2, -0.15) is 5.10 Å². The van der Waals surface area contributed by atoms with Crippen molar-refractivity contribution < 1.29 is 9.90 Å². The van der Waals surface area contributed by atoms with Crippen molar-refractivity contribution >= 4 is 24.0 Å². The predicted molar refractivity (Wildman–Crippen MR) is 140 cm³/mol. The lowest BCUT2D eigenvalue weighted by molar-refractivity contribution is -0.115. The van der Waals surface area contributed by atoms with Crippen LogP contribution in [0.4, 0.5) is 5.69 Å². The summed E-state index contributed by atoms with van der Waals surface area (Å²) in [6.45, 7) is 1.84. The number of carbonyl (C=O) groups excluding carboxylic acids is 1. The number of hydrogen-bond donors (Lipinski definition) is 3.